The molecular weight excluding hydrogens is 268 g/mol. The monoisotopic (exact) mass is 284 g/mol. The Hall–Kier alpha value is -2.82. The minimum atomic E-state index is -0.586. The van der Waals surface area contributed by atoms with Crippen molar-refractivity contribution in [1.29, 1.82) is 0 Å². The molecule has 5 heteroatoms. The third-order valence-corrected chi connectivity index (χ3v) is 2.87. The molecule has 0 atom stereocenters. The van der Waals surface area contributed by atoms with Gasteiger partial charge in [0.25, 0.3) is 11.8 Å². The Morgan fingerprint density at radius 3 is 2.38 bits per heavy atom. The largest absolute Gasteiger partial charge is 0.494 e. The molecule has 0 bridgehead atoms. The maximum absolute atomic E-state index is 12.2. The molecule has 3 N–H and O–H groups in total. The third kappa shape index (κ3) is 3.60. The Morgan fingerprint density at radius 2 is 1.76 bits per heavy atom. The van der Waals surface area contributed by atoms with Gasteiger partial charge in [0.1, 0.15) is 5.75 Å². The lowest BCUT2D eigenvalue weighted by atomic mass is 10.1. The highest BCUT2D eigenvalue weighted by molar-refractivity contribution is 6.08. The first-order chi connectivity index (χ1) is 10.1. The Labute approximate surface area is 122 Å². The first-order valence-corrected chi connectivity index (χ1v) is 6.55. The fourth-order valence-electron chi connectivity index (χ4n) is 1.87. The van der Waals surface area contributed by atoms with Gasteiger partial charge in [-0.25, -0.2) is 0 Å². The van der Waals surface area contributed by atoms with Crippen molar-refractivity contribution in [2.75, 3.05) is 11.9 Å². The molecule has 0 spiro atoms. The van der Waals surface area contributed by atoms with Crippen LogP contribution in [0.2, 0.25) is 0 Å². The quantitative estimate of drug-likeness (QED) is 0.884. The number of ether oxygens (including phenoxy) is 1. The molecule has 5 nitrogen and oxygen atoms in total. The van der Waals surface area contributed by atoms with E-state index < -0.39 is 5.91 Å². The van der Waals surface area contributed by atoms with Gasteiger partial charge in [0, 0.05) is 5.56 Å². The minimum Gasteiger partial charge on any atom is -0.494 e. The fraction of sp³-hybridized carbons (Fsp3) is 0.125. The number of rotatable bonds is 5. The molecule has 0 unspecified atom stereocenters. The van der Waals surface area contributed by atoms with Crippen LogP contribution in [0.4, 0.5) is 5.69 Å². The zero-order valence-electron chi connectivity index (χ0n) is 11.6. The van der Waals surface area contributed by atoms with Crippen molar-refractivity contribution in [2.24, 2.45) is 5.73 Å². The second-order valence-corrected chi connectivity index (χ2v) is 4.32. The van der Waals surface area contributed by atoms with E-state index in [1.807, 2.05) is 6.92 Å². The summed E-state index contributed by atoms with van der Waals surface area (Å²) in [5.41, 5.74) is 6.41. The highest BCUT2D eigenvalue weighted by atomic mass is 16.5. The normalized spacial score (nSPS) is 9.95. The van der Waals surface area contributed by atoms with E-state index in [0.29, 0.717) is 23.6 Å². The van der Waals surface area contributed by atoms with Crippen molar-refractivity contribution in [1.82, 2.24) is 0 Å². The van der Waals surface area contributed by atoms with Crippen molar-refractivity contribution < 1.29 is 14.3 Å². The summed E-state index contributed by atoms with van der Waals surface area (Å²) >= 11 is 0. The van der Waals surface area contributed by atoms with Crippen LogP contribution in [-0.4, -0.2) is 18.4 Å². The lowest BCUT2D eigenvalue weighted by Crippen LogP contribution is -2.18. The van der Waals surface area contributed by atoms with Crippen LogP contribution in [-0.2, 0) is 0 Å². The number of amides is 2. The average Bonchev–Trinajstić information content (AvgIpc) is 2.48. The summed E-state index contributed by atoms with van der Waals surface area (Å²) in [7, 11) is 0. The van der Waals surface area contributed by atoms with Crippen molar-refractivity contribution in [3.05, 3.63) is 59.7 Å². The standard InChI is InChI=1S/C16H16N2O3/c1-2-21-12-9-7-11(8-10-12)16(20)18-14-6-4-3-5-13(14)15(17)19/h3-10H,2H2,1H3,(H2,17,19)(H,18,20). The van der Waals surface area contributed by atoms with E-state index in [4.69, 9.17) is 10.5 Å². The number of hydrogen-bond acceptors (Lipinski definition) is 3. The molecule has 0 saturated heterocycles. The number of carbonyl (C=O) groups excluding carboxylic acids is 2. The summed E-state index contributed by atoms with van der Waals surface area (Å²) in [4.78, 5) is 23.5. The van der Waals surface area contributed by atoms with Gasteiger partial charge in [-0.15, -0.1) is 0 Å². The van der Waals surface area contributed by atoms with Crippen LogP contribution in [0.5, 0.6) is 5.75 Å². The molecule has 2 aromatic carbocycles. The lowest BCUT2D eigenvalue weighted by molar-refractivity contribution is 0.100. The number of primary amides is 1. The van der Waals surface area contributed by atoms with Crippen molar-refractivity contribution >= 4 is 17.5 Å². The van der Waals surface area contributed by atoms with E-state index in [9.17, 15) is 9.59 Å². The second kappa shape index (κ2) is 6.56. The number of nitrogens with two attached hydrogens (primary N) is 1. The minimum absolute atomic E-state index is 0.275. The first-order valence-electron chi connectivity index (χ1n) is 6.55. The van der Waals surface area contributed by atoms with Crippen molar-refractivity contribution in [3.63, 3.8) is 0 Å². The van der Waals surface area contributed by atoms with E-state index >= 15 is 0 Å². The van der Waals surface area contributed by atoms with Crippen LogP contribution in [0.25, 0.3) is 0 Å². The van der Waals surface area contributed by atoms with Gasteiger partial charge in [-0.2, -0.15) is 0 Å². The number of carbonyl (C=O) groups is 2. The number of para-hydroxylation sites is 1. The molecular formula is C16H16N2O3. The summed E-state index contributed by atoms with van der Waals surface area (Å²) in [5, 5.41) is 2.68. The SMILES string of the molecule is CCOc1ccc(C(=O)Nc2ccccc2C(N)=O)cc1. The molecule has 0 saturated carbocycles. The zero-order valence-corrected chi connectivity index (χ0v) is 11.6. The smallest absolute Gasteiger partial charge is 0.255 e. The highest BCUT2D eigenvalue weighted by Crippen LogP contribution is 2.17. The molecule has 0 aliphatic carbocycles. The van der Waals surface area contributed by atoms with Crippen LogP contribution in [0, 0.1) is 0 Å². The van der Waals surface area contributed by atoms with E-state index in [1.165, 1.54) is 0 Å². The van der Waals surface area contributed by atoms with Crippen molar-refractivity contribution in [3.8, 4) is 5.75 Å². The number of hydrogen-bond donors (Lipinski definition) is 2. The van der Waals surface area contributed by atoms with E-state index in [-0.39, 0.29) is 11.5 Å². The Morgan fingerprint density at radius 1 is 1.10 bits per heavy atom. The van der Waals surface area contributed by atoms with Gasteiger partial charge in [0.15, 0.2) is 0 Å². The van der Waals surface area contributed by atoms with Crippen molar-refractivity contribution in [2.45, 2.75) is 6.92 Å². The van der Waals surface area contributed by atoms with Gasteiger partial charge in [-0.05, 0) is 43.3 Å². The predicted molar refractivity (Wildman–Crippen MR) is 80.5 cm³/mol. The topological polar surface area (TPSA) is 81.4 Å². The lowest BCUT2D eigenvalue weighted by Gasteiger charge is -2.09. The number of anilines is 1. The number of nitrogens with one attached hydrogen (secondary N) is 1. The zero-order chi connectivity index (χ0) is 15.2. The summed E-state index contributed by atoms with van der Waals surface area (Å²) < 4.78 is 5.32. The Balaban J connectivity index is 2.16. The average molecular weight is 284 g/mol. The van der Waals surface area contributed by atoms with Gasteiger partial charge in [0.2, 0.25) is 0 Å². The molecule has 2 rings (SSSR count). The molecule has 2 amide bonds. The van der Waals surface area contributed by atoms with E-state index in [2.05, 4.69) is 5.32 Å². The fourth-order valence-corrected chi connectivity index (χ4v) is 1.87. The molecule has 0 fully saturated rings. The first kappa shape index (κ1) is 14.6. The summed E-state index contributed by atoms with van der Waals surface area (Å²) in [6.45, 7) is 2.46. The maximum atomic E-state index is 12.2. The second-order valence-electron chi connectivity index (χ2n) is 4.32. The van der Waals surface area contributed by atoms with Gasteiger partial charge in [-0.3, -0.25) is 9.59 Å². The van der Waals surface area contributed by atoms with E-state index in [0.717, 1.165) is 0 Å². The third-order valence-electron chi connectivity index (χ3n) is 2.87. The van der Waals surface area contributed by atoms with Gasteiger partial charge >= 0.3 is 0 Å². The van der Waals surface area contributed by atoms with Crippen LogP contribution in [0.15, 0.2) is 48.5 Å². The summed E-state index contributed by atoms with van der Waals surface area (Å²) in [5.74, 6) is -0.198. The van der Waals surface area contributed by atoms with Gasteiger partial charge < -0.3 is 15.8 Å². The highest BCUT2D eigenvalue weighted by Gasteiger charge is 2.11. The van der Waals surface area contributed by atoms with Gasteiger partial charge in [-0.1, -0.05) is 12.1 Å². The van der Waals surface area contributed by atoms with Crippen LogP contribution >= 0.6 is 0 Å². The Bertz CT molecular complexity index is 651. The predicted octanol–water partition coefficient (Wildman–Crippen LogP) is 2.44. The molecule has 0 heterocycles. The van der Waals surface area contributed by atoms with Crippen LogP contribution in [0.1, 0.15) is 27.6 Å². The molecule has 0 aliphatic heterocycles. The maximum Gasteiger partial charge on any atom is 0.255 e. The van der Waals surface area contributed by atoms with Gasteiger partial charge in [0.05, 0.1) is 17.9 Å². The molecule has 21 heavy (non-hydrogen) atoms. The molecule has 0 radical (unpaired) electrons. The molecule has 2 aromatic rings. The van der Waals surface area contributed by atoms with Crippen LogP contribution in [0.3, 0.4) is 0 Å². The molecule has 0 aromatic heterocycles. The van der Waals surface area contributed by atoms with E-state index in [1.54, 1.807) is 48.5 Å². The number of benzene rings is 2. The Kier molecular flexibility index (Phi) is 4.56. The molecule has 0 aliphatic rings. The molecule has 108 valence electrons. The van der Waals surface area contributed by atoms with Crippen LogP contribution < -0.4 is 15.8 Å². The summed E-state index contributed by atoms with van der Waals surface area (Å²) in [6, 6.07) is 13.4. The summed E-state index contributed by atoms with van der Waals surface area (Å²) in [6.07, 6.45) is 0.